The zero-order valence-corrected chi connectivity index (χ0v) is 16.5. The van der Waals surface area contributed by atoms with Crippen LogP contribution in [-0.2, 0) is 6.54 Å². The van der Waals surface area contributed by atoms with Crippen LogP contribution in [0.2, 0.25) is 5.02 Å². The fourth-order valence-corrected chi connectivity index (χ4v) is 3.79. The number of aryl methyl sites for hydroxylation is 1. The topological polar surface area (TPSA) is 64.2 Å². The van der Waals surface area contributed by atoms with E-state index in [0.29, 0.717) is 10.8 Å². The molecule has 0 saturated carbocycles. The Labute approximate surface area is 169 Å². The number of carbonyl (C=O) groups excluding carboxylic acids is 1. The molecule has 0 aliphatic carbocycles. The highest BCUT2D eigenvalue weighted by Gasteiger charge is 2.29. The quantitative estimate of drug-likeness (QED) is 0.691. The van der Waals surface area contributed by atoms with Crippen LogP contribution in [0.25, 0.3) is 5.69 Å². The van der Waals surface area contributed by atoms with Crippen LogP contribution in [0.15, 0.2) is 54.6 Å². The van der Waals surface area contributed by atoms with Gasteiger partial charge in [0.05, 0.1) is 24.8 Å². The van der Waals surface area contributed by atoms with E-state index in [-0.39, 0.29) is 17.8 Å². The van der Waals surface area contributed by atoms with E-state index in [1.165, 1.54) is 10.5 Å². The maximum atomic E-state index is 12.6. The largest absolute Gasteiger partial charge is 0.341 e. The van der Waals surface area contributed by atoms with E-state index in [1.807, 2.05) is 25.1 Å². The van der Waals surface area contributed by atoms with Crippen molar-refractivity contribution >= 4 is 17.5 Å². The minimum atomic E-state index is -0.221. The van der Waals surface area contributed by atoms with E-state index in [1.54, 1.807) is 16.8 Å². The molecule has 1 aromatic heterocycles. The molecule has 1 aliphatic heterocycles. The lowest BCUT2D eigenvalue weighted by Crippen LogP contribution is -3.09. The van der Waals surface area contributed by atoms with Gasteiger partial charge in [-0.15, -0.1) is 5.10 Å². The van der Waals surface area contributed by atoms with Crippen molar-refractivity contribution in [3.05, 3.63) is 76.8 Å². The maximum Gasteiger partial charge on any atom is 0.291 e. The van der Waals surface area contributed by atoms with Crippen LogP contribution in [0.1, 0.15) is 28.4 Å². The molecule has 0 spiro atoms. The summed E-state index contributed by atoms with van der Waals surface area (Å²) in [6.45, 7) is 4.78. The lowest BCUT2D eigenvalue weighted by Gasteiger charge is -2.13. The van der Waals surface area contributed by atoms with Crippen LogP contribution in [0.4, 0.5) is 0 Å². The Morgan fingerprint density at radius 1 is 1.21 bits per heavy atom. The molecular weight excluding hydrogens is 374 g/mol. The Morgan fingerprint density at radius 2 is 1.96 bits per heavy atom. The van der Waals surface area contributed by atoms with Gasteiger partial charge in [0.2, 0.25) is 5.82 Å². The molecule has 3 aromatic rings. The van der Waals surface area contributed by atoms with E-state index < -0.39 is 0 Å². The van der Waals surface area contributed by atoms with Crippen LogP contribution in [0.3, 0.4) is 0 Å². The normalized spacial score (nSPS) is 18.9. The standard InChI is InChI=1S/C21H22ClN5O/c1-15-23-20(25-27(15)19-9-7-17(22)8-10-19)21(28)24-18-11-12-26(14-18)13-16-5-3-2-4-6-16/h2-10,18H,11-14H2,1H3,(H,24,28)/p+1/t18-/m1/s1. The molecule has 28 heavy (non-hydrogen) atoms. The third-order valence-corrected chi connectivity index (χ3v) is 5.31. The number of benzene rings is 2. The number of aromatic nitrogens is 3. The summed E-state index contributed by atoms with van der Waals surface area (Å²) in [5, 5.41) is 8.13. The van der Waals surface area contributed by atoms with Gasteiger partial charge in [-0.05, 0) is 31.2 Å². The van der Waals surface area contributed by atoms with Crippen LogP contribution in [-0.4, -0.2) is 39.8 Å². The minimum absolute atomic E-state index is 0.147. The van der Waals surface area contributed by atoms with E-state index in [9.17, 15) is 4.79 Å². The number of halogens is 1. The second-order valence-corrected chi connectivity index (χ2v) is 7.63. The molecule has 6 nitrogen and oxygen atoms in total. The molecule has 2 atom stereocenters. The number of likely N-dealkylation sites (tertiary alicyclic amines) is 1. The number of nitrogens with one attached hydrogen (secondary N) is 2. The summed E-state index contributed by atoms with van der Waals surface area (Å²) in [4.78, 5) is 18.5. The smallest absolute Gasteiger partial charge is 0.291 e. The molecular formula is C21H23ClN5O+. The SMILES string of the molecule is Cc1nc(C(=O)N[C@@H]2CC[NH+](Cc3ccccc3)C2)nn1-c1ccc(Cl)cc1. The zero-order valence-electron chi connectivity index (χ0n) is 15.7. The summed E-state index contributed by atoms with van der Waals surface area (Å²) in [5.41, 5.74) is 2.15. The lowest BCUT2D eigenvalue weighted by molar-refractivity contribution is -0.901. The predicted octanol–water partition coefficient (Wildman–Crippen LogP) is 1.82. The number of quaternary nitrogens is 1. The third kappa shape index (κ3) is 4.24. The van der Waals surface area contributed by atoms with Gasteiger partial charge in [0.15, 0.2) is 0 Å². The molecule has 4 rings (SSSR count). The molecule has 0 bridgehead atoms. The molecule has 1 aliphatic rings. The highest BCUT2D eigenvalue weighted by Crippen LogP contribution is 2.14. The van der Waals surface area contributed by atoms with Crippen molar-refractivity contribution in [3.8, 4) is 5.69 Å². The first kappa shape index (κ1) is 18.7. The summed E-state index contributed by atoms with van der Waals surface area (Å²) < 4.78 is 1.66. The minimum Gasteiger partial charge on any atom is -0.341 e. The van der Waals surface area contributed by atoms with Gasteiger partial charge in [-0.3, -0.25) is 4.79 Å². The molecule has 7 heteroatoms. The monoisotopic (exact) mass is 396 g/mol. The van der Waals surface area contributed by atoms with Gasteiger partial charge in [-0.25, -0.2) is 9.67 Å². The predicted molar refractivity (Wildman–Crippen MR) is 108 cm³/mol. The van der Waals surface area contributed by atoms with Gasteiger partial charge in [0, 0.05) is 17.0 Å². The van der Waals surface area contributed by atoms with E-state index in [0.717, 1.165) is 31.7 Å². The Bertz CT molecular complexity index is 955. The molecule has 144 valence electrons. The van der Waals surface area contributed by atoms with E-state index in [4.69, 9.17) is 11.6 Å². The van der Waals surface area contributed by atoms with Gasteiger partial charge in [-0.2, -0.15) is 0 Å². The molecule has 1 unspecified atom stereocenters. The van der Waals surface area contributed by atoms with Gasteiger partial charge in [-0.1, -0.05) is 41.9 Å². The summed E-state index contributed by atoms with van der Waals surface area (Å²) >= 11 is 5.94. The fourth-order valence-electron chi connectivity index (χ4n) is 3.66. The van der Waals surface area contributed by atoms with Gasteiger partial charge < -0.3 is 10.2 Å². The summed E-state index contributed by atoms with van der Waals surface area (Å²) in [5.74, 6) is 0.640. The van der Waals surface area contributed by atoms with Crippen molar-refractivity contribution in [3.63, 3.8) is 0 Å². The highest BCUT2D eigenvalue weighted by molar-refractivity contribution is 6.30. The number of hydrogen-bond donors (Lipinski definition) is 2. The second kappa shape index (κ2) is 8.12. The van der Waals surface area contributed by atoms with Crippen molar-refractivity contribution in [2.24, 2.45) is 0 Å². The molecule has 1 fully saturated rings. The van der Waals surface area contributed by atoms with Crippen LogP contribution in [0.5, 0.6) is 0 Å². The first-order valence-corrected chi connectivity index (χ1v) is 9.84. The van der Waals surface area contributed by atoms with Crippen molar-refractivity contribution < 1.29 is 9.69 Å². The molecule has 2 N–H and O–H groups in total. The van der Waals surface area contributed by atoms with E-state index >= 15 is 0 Å². The zero-order chi connectivity index (χ0) is 19.5. The highest BCUT2D eigenvalue weighted by atomic mass is 35.5. The average molecular weight is 397 g/mol. The van der Waals surface area contributed by atoms with Crippen molar-refractivity contribution in [2.75, 3.05) is 13.1 Å². The van der Waals surface area contributed by atoms with E-state index in [2.05, 4.69) is 39.7 Å². The summed E-state index contributed by atoms with van der Waals surface area (Å²) in [6.07, 6.45) is 0.963. The fraction of sp³-hybridized carbons (Fsp3) is 0.286. The first-order valence-electron chi connectivity index (χ1n) is 9.46. The molecule has 1 saturated heterocycles. The Hall–Kier alpha value is -2.70. The Balaban J connectivity index is 1.38. The number of rotatable bonds is 5. The molecule has 0 radical (unpaired) electrons. The summed E-state index contributed by atoms with van der Waals surface area (Å²) in [7, 11) is 0. The Morgan fingerprint density at radius 3 is 2.71 bits per heavy atom. The van der Waals surface area contributed by atoms with Crippen molar-refractivity contribution in [2.45, 2.75) is 25.9 Å². The maximum absolute atomic E-state index is 12.6. The molecule has 2 aromatic carbocycles. The van der Waals surface area contributed by atoms with Gasteiger partial charge >= 0.3 is 0 Å². The van der Waals surface area contributed by atoms with Gasteiger partial charge in [0.1, 0.15) is 12.4 Å². The van der Waals surface area contributed by atoms with Crippen LogP contribution in [0, 0.1) is 6.92 Å². The number of carbonyl (C=O) groups is 1. The van der Waals surface area contributed by atoms with Gasteiger partial charge in [0.25, 0.3) is 5.91 Å². The summed E-state index contributed by atoms with van der Waals surface area (Å²) in [6, 6.07) is 17.9. The van der Waals surface area contributed by atoms with Crippen LogP contribution >= 0.6 is 11.6 Å². The van der Waals surface area contributed by atoms with Crippen LogP contribution < -0.4 is 10.2 Å². The number of hydrogen-bond acceptors (Lipinski definition) is 3. The third-order valence-electron chi connectivity index (χ3n) is 5.06. The lowest BCUT2D eigenvalue weighted by atomic mass is 10.2. The first-order chi connectivity index (χ1) is 13.6. The Kier molecular flexibility index (Phi) is 5.41. The molecule has 2 heterocycles. The number of nitrogens with zero attached hydrogens (tertiary/aromatic N) is 3. The molecule has 1 amide bonds. The number of amides is 1. The second-order valence-electron chi connectivity index (χ2n) is 7.20. The van der Waals surface area contributed by atoms with Crippen molar-refractivity contribution in [1.29, 1.82) is 0 Å². The van der Waals surface area contributed by atoms with Crippen molar-refractivity contribution in [1.82, 2.24) is 20.1 Å². The average Bonchev–Trinajstić information content (AvgIpc) is 3.30.